The highest BCUT2D eigenvalue weighted by molar-refractivity contribution is 7.13. The van der Waals surface area contributed by atoms with Crippen LogP contribution in [0.5, 0.6) is 0 Å². The third-order valence-electron chi connectivity index (χ3n) is 6.16. The van der Waals surface area contributed by atoms with Crippen molar-refractivity contribution in [3.8, 4) is 10.4 Å². The van der Waals surface area contributed by atoms with Gasteiger partial charge in [0, 0.05) is 30.9 Å². The Balaban J connectivity index is 1.61. The number of hydrogen-bond acceptors (Lipinski definition) is 3. The van der Waals surface area contributed by atoms with Crippen LogP contribution < -0.4 is 5.32 Å². The lowest BCUT2D eigenvalue weighted by atomic mass is 9.78. The lowest BCUT2D eigenvalue weighted by Crippen LogP contribution is -2.45. The Kier molecular flexibility index (Phi) is 5.04. The lowest BCUT2D eigenvalue weighted by molar-refractivity contribution is -0.138. The average molecular weight is 383 g/mol. The zero-order valence-electron chi connectivity index (χ0n) is 15.7. The summed E-state index contributed by atoms with van der Waals surface area (Å²) >= 11 is 1.72. The maximum Gasteiger partial charge on any atom is 0.228 e. The summed E-state index contributed by atoms with van der Waals surface area (Å²) in [6, 6.07) is 12.5. The SMILES string of the molecule is CNC(=O)[C@@]1(Cc2ccccc2-c2cccs2)CCN(C(=O)C2CCC2)C1. The molecule has 1 N–H and O–H groups in total. The summed E-state index contributed by atoms with van der Waals surface area (Å²) in [5, 5.41) is 4.94. The zero-order valence-corrected chi connectivity index (χ0v) is 16.6. The minimum atomic E-state index is -0.540. The highest BCUT2D eigenvalue weighted by Gasteiger charge is 2.47. The highest BCUT2D eigenvalue weighted by Crippen LogP contribution is 2.40. The van der Waals surface area contributed by atoms with Crippen LogP contribution in [0.15, 0.2) is 41.8 Å². The van der Waals surface area contributed by atoms with E-state index in [9.17, 15) is 9.59 Å². The minimum Gasteiger partial charge on any atom is -0.359 e. The van der Waals surface area contributed by atoms with Crippen LogP contribution >= 0.6 is 11.3 Å². The van der Waals surface area contributed by atoms with Gasteiger partial charge in [0.25, 0.3) is 0 Å². The Morgan fingerprint density at radius 2 is 2.04 bits per heavy atom. The molecule has 1 aliphatic carbocycles. The molecule has 1 saturated carbocycles. The van der Waals surface area contributed by atoms with Crippen LogP contribution in [0.3, 0.4) is 0 Å². The van der Waals surface area contributed by atoms with E-state index in [0.717, 1.165) is 25.7 Å². The predicted octanol–water partition coefficient (Wildman–Crippen LogP) is 3.72. The van der Waals surface area contributed by atoms with Crippen LogP contribution in [-0.2, 0) is 16.0 Å². The quantitative estimate of drug-likeness (QED) is 0.857. The van der Waals surface area contributed by atoms with E-state index < -0.39 is 5.41 Å². The Bertz CT molecular complexity index is 829. The van der Waals surface area contributed by atoms with Crippen molar-refractivity contribution >= 4 is 23.2 Å². The van der Waals surface area contributed by atoms with Gasteiger partial charge in [-0.3, -0.25) is 9.59 Å². The Labute approximate surface area is 164 Å². The van der Waals surface area contributed by atoms with Gasteiger partial charge in [-0.05, 0) is 48.3 Å². The van der Waals surface area contributed by atoms with Gasteiger partial charge in [-0.1, -0.05) is 36.8 Å². The average Bonchev–Trinajstić information content (AvgIpc) is 3.31. The number of likely N-dealkylation sites (tertiary alicyclic amines) is 1. The molecule has 4 nitrogen and oxygen atoms in total. The van der Waals surface area contributed by atoms with Crippen LogP contribution in [0.25, 0.3) is 10.4 Å². The molecule has 2 aliphatic rings. The number of hydrogen-bond donors (Lipinski definition) is 1. The first-order valence-corrected chi connectivity index (χ1v) is 10.6. The predicted molar refractivity (Wildman–Crippen MR) is 108 cm³/mol. The summed E-state index contributed by atoms with van der Waals surface area (Å²) in [6.07, 6.45) is 4.55. The number of rotatable bonds is 5. The molecule has 1 aliphatic heterocycles. The first kappa shape index (κ1) is 18.2. The molecule has 4 rings (SSSR count). The molecule has 2 aromatic rings. The molecule has 2 heterocycles. The summed E-state index contributed by atoms with van der Waals surface area (Å²) in [4.78, 5) is 28.8. The van der Waals surface area contributed by atoms with Crippen molar-refractivity contribution in [3.05, 3.63) is 47.3 Å². The molecule has 142 valence electrons. The van der Waals surface area contributed by atoms with E-state index >= 15 is 0 Å². The Morgan fingerprint density at radius 1 is 1.22 bits per heavy atom. The highest BCUT2D eigenvalue weighted by atomic mass is 32.1. The van der Waals surface area contributed by atoms with E-state index in [4.69, 9.17) is 0 Å². The van der Waals surface area contributed by atoms with Crippen LogP contribution in [0.1, 0.15) is 31.2 Å². The summed E-state index contributed by atoms with van der Waals surface area (Å²) in [7, 11) is 1.70. The van der Waals surface area contributed by atoms with E-state index in [1.807, 2.05) is 17.0 Å². The zero-order chi connectivity index (χ0) is 18.9. The smallest absolute Gasteiger partial charge is 0.228 e. The minimum absolute atomic E-state index is 0.0485. The number of nitrogens with zero attached hydrogens (tertiary/aromatic N) is 1. The fraction of sp³-hybridized carbons (Fsp3) is 0.455. The van der Waals surface area contributed by atoms with Crippen molar-refractivity contribution in [2.24, 2.45) is 11.3 Å². The third-order valence-corrected chi connectivity index (χ3v) is 7.06. The number of nitrogens with one attached hydrogen (secondary N) is 1. The van der Waals surface area contributed by atoms with Crippen molar-refractivity contribution in [3.63, 3.8) is 0 Å². The normalized spacial score (nSPS) is 22.5. The van der Waals surface area contributed by atoms with Gasteiger partial charge in [0.1, 0.15) is 0 Å². The van der Waals surface area contributed by atoms with Crippen molar-refractivity contribution in [1.82, 2.24) is 10.2 Å². The molecule has 1 aromatic heterocycles. The molecule has 1 saturated heterocycles. The number of amides is 2. The summed E-state index contributed by atoms with van der Waals surface area (Å²) in [5.74, 6) is 0.481. The monoisotopic (exact) mass is 382 g/mol. The second-order valence-corrected chi connectivity index (χ2v) is 8.76. The molecular weight excluding hydrogens is 356 g/mol. The van der Waals surface area contributed by atoms with Crippen molar-refractivity contribution in [2.75, 3.05) is 20.1 Å². The summed E-state index contributed by atoms with van der Waals surface area (Å²) < 4.78 is 0. The molecule has 0 unspecified atom stereocenters. The standard InChI is InChI=1S/C22H26N2O2S/c1-23-21(26)22(11-12-24(15-22)20(25)16-7-4-8-16)14-17-6-2-3-9-18(17)19-10-5-13-27-19/h2-3,5-6,9-10,13,16H,4,7-8,11-12,14-15H2,1H3,(H,23,26)/t22-/m1/s1. The van der Waals surface area contributed by atoms with Gasteiger partial charge in [0.05, 0.1) is 5.41 Å². The van der Waals surface area contributed by atoms with E-state index in [0.29, 0.717) is 19.5 Å². The fourth-order valence-electron chi connectivity index (χ4n) is 4.36. The Hall–Kier alpha value is -2.14. The lowest BCUT2D eigenvalue weighted by Gasteiger charge is -2.32. The van der Waals surface area contributed by atoms with Gasteiger partial charge in [0.15, 0.2) is 0 Å². The van der Waals surface area contributed by atoms with Gasteiger partial charge in [-0.15, -0.1) is 11.3 Å². The molecule has 1 aromatic carbocycles. The van der Waals surface area contributed by atoms with Crippen LogP contribution in [0, 0.1) is 11.3 Å². The number of thiophene rings is 1. The van der Waals surface area contributed by atoms with Gasteiger partial charge >= 0.3 is 0 Å². The fourth-order valence-corrected chi connectivity index (χ4v) is 5.15. The molecule has 1 atom stereocenters. The van der Waals surface area contributed by atoms with E-state index in [2.05, 4.69) is 35.0 Å². The van der Waals surface area contributed by atoms with Gasteiger partial charge in [-0.25, -0.2) is 0 Å². The molecule has 2 fully saturated rings. The second kappa shape index (κ2) is 7.47. The van der Waals surface area contributed by atoms with E-state index in [-0.39, 0.29) is 17.7 Å². The molecule has 5 heteroatoms. The van der Waals surface area contributed by atoms with Crippen LogP contribution in [0.4, 0.5) is 0 Å². The molecular formula is C22H26N2O2S. The third kappa shape index (κ3) is 3.41. The maximum absolute atomic E-state index is 12.9. The molecule has 0 radical (unpaired) electrons. The largest absolute Gasteiger partial charge is 0.359 e. The van der Waals surface area contributed by atoms with Crippen molar-refractivity contribution in [2.45, 2.75) is 32.1 Å². The van der Waals surface area contributed by atoms with E-state index in [1.165, 1.54) is 16.0 Å². The molecule has 0 spiro atoms. The number of carbonyl (C=O) groups excluding carboxylic acids is 2. The van der Waals surface area contributed by atoms with Gasteiger partial charge < -0.3 is 10.2 Å². The second-order valence-electron chi connectivity index (χ2n) is 7.81. The maximum atomic E-state index is 12.9. The van der Waals surface area contributed by atoms with Gasteiger partial charge in [0.2, 0.25) is 11.8 Å². The molecule has 0 bridgehead atoms. The number of carbonyl (C=O) groups is 2. The topological polar surface area (TPSA) is 49.4 Å². The molecule has 27 heavy (non-hydrogen) atoms. The number of benzene rings is 1. The van der Waals surface area contributed by atoms with E-state index in [1.54, 1.807) is 18.4 Å². The first-order valence-electron chi connectivity index (χ1n) is 9.76. The van der Waals surface area contributed by atoms with Gasteiger partial charge in [-0.2, -0.15) is 0 Å². The summed E-state index contributed by atoms with van der Waals surface area (Å²) in [5.41, 5.74) is 1.84. The Morgan fingerprint density at radius 3 is 2.70 bits per heavy atom. The first-order chi connectivity index (χ1) is 13.1. The van der Waals surface area contributed by atoms with Crippen LogP contribution in [0.2, 0.25) is 0 Å². The van der Waals surface area contributed by atoms with Crippen molar-refractivity contribution in [1.29, 1.82) is 0 Å². The van der Waals surface area contributed by atoms with Crippen molar-refractivity contribution < 1.29 is 9.59 Å². The van der Waals surface area contributed by atoms with Crippen LogP contribution in [-0.4, -0.2) is 36.9 Å². The summed E-state index contributed by atoms with van der Waals surface area (Å²) in [6.45, 7) is 1.21. The molecule has 2 amide bonds.